The average Bonchev–Trinajstić information content (AvgIpc) is 2.58. The average molecular weight is 187 g/mol. The zero-order valence-corrected chi connectivity index (χ0v) is 9.09. The van der Waals surface area contributed by atoms with E-state index in [9.17, 15) is 0 Å². The van der Waals surface area contributed by atoms with Crippen molar-refractivity contribution < 1.29 is 0 Å². The van der Waals surface area contributed by atoms with E-state index in [2.05, 4.69) is 50.0 Å². The van der Waals surface area contributed by atoms with Gasteiger partial charge in [-0.15, -0.1) is 0 Å². The van der Waals surface area contributed by atoms with Crippen LogP contribution in [0.5, 0.6) is 0 Å². The van der Waals surface area contributed by atoms with E-state index in [1.165, 1.54) is 22.2 Å². The number of hydrogen-bond acceptors (Lipinski definition) is 0. The van der Waals surface area contributed by atoms with E-state index >= 15 is 0 Å². The van der Waals surface area contributed by atoms with Gasteiger partial charge in [-0.3, -0.25) is 0 Å². The fraction of sp³-hybridized carbons (Fsp3) is 0.385. The van der Waals surface area contributed by atoms with Crippen molar-refractivity contribution in [2.45, 2.75) is 33.1 Å². The van der Waals surface area contributed by atoms with Crippen molar-refractivity contribution in [2.24, 2.45) is 0 Å². The number of benzene rings is 1. The molecule has 1 aromatic carbocycles. The summed E-state index contributed by atoms with van der Waals surface area (Å²) in [6, 6.07) is 8.93. The lowest BCUT2D eigenvalue weighted by molar-refractivity contribution is 0.868. The van der Waals surface area contributed by atoms with Crippen LogP contribution in [0, 0.1) is 0 Å². The molecule has 1 heterocycles. The van der Waals surface area contributed by atoms with E-state index in [1.807, 2.05) is 0 Å². The van der Waals surface area contributed by atoms with Crippen LogP contribution in [0.3, 0.4) is 0 Å². The summed E-state index contributed by atoms with van der Waals surface area (Å²) in [6.45, 7) is 6.63. The minimum atomic E-state index is 0.604. The monoisotopic (exact) mass is 187 g/mol. The Morgan fingerprint density at radius 1 is 1.21 bits per heavy atom. The topological polar surface area (TPSA) is 15.8 Å². The molecule has 0 unspecified atom stereocenters. The molecule has 1 nitrogen and oxygen atoms in total. The Hall–Kier alpha value is -1.24. The van der Waals surface area contributed by atoms with Gasteiger partial charge in [-0.1, -0.05) is 32.9 Å². The number of aromatic nitrogens is 1. The first-order valence-electron chi connectivity index (χ1n) is 5.32. The second-order valence-corrected chi connectivity index (χ2v) is 4.15. The predicted molar refractivity (Wildman–Crippen MR) is 61.8 cm³/mol. The van der Waals surface area contributed by atoms with E-state index in [4.69, 9.17) is 0 Å². The molecule has 14 heavy (non-hydrogen) atoms. The Bertz CT molecular complexity index is 437. The zero-order valence-electron chi connectivity index (χ0n) is 9.09. The normalized spacial score (nSPS) is 11.4. The lowest BCUT2D eigenvalue weighted by Crippen LogP contribution is -1.85. The molecule has 0 bridgehead atoms. The third-order valence-corrected chi connectivity index (χ3v) is 2.75. The van der Waals surface area contributed by atoms with E-state index in [0.29, 0.717) is 5.92 Å². The van der Waals surface area contributed by atoms with E-state index < -0.39 is 0 Å². The summed E-state index contributed by atoms with van der Waals surface area (Å²) in [7, 11) is 0. The van der Waals surface area contributed by atoms with Crippen molar-refractivity contribution in [3.8, 4) is 0 Å². The number of nitrogens with one attached hydrogen (secondary N) is 1. The third-order valence-electron chi connectivity index (χ3n) is 2.75. The maximum Gasteiger partial charge on any atom is 0.0458 e. The van der Waals surface area contributed by atoms with Gasteiger partial charge in [0.1, 0.15) is 0 Å². The number of fused-ring (bicyclic) bond motifs is 1. The van der Waals surface area contributed by atoms with Crippen LogP contribution in [-0.4, -0.2) is 4.98 Å². The fourth-order valence-corrected chi connectivity index (χ4v) is 1.75. The lowest BCUT2D eigenvalue weighted by atomic mass is 10.0. The summed E-state index contributed by atoms with van der Waals surface area (Å²) >= 11 is 0. The van der Waals surface area contributed by atoms with Gasteiger partial charge in [0, 0.05) is 11.2 Å². The molecule has 1 N–H and O–H groups in total. The van der Waals surface area contributed by atoms with Gasteiger partial charge in [-0.05, 0) is 35.4 Å². The van der Waals surface area contributed by atoms with Gasteiger partial charge in [0.05, 0.1) is 0 Å². The van der Waals surface area contributed by atoms with E-state index in [1.54, 1.807) is 0 Å². The van der Waals surface area contributed by atoms with Gasteiger partial charge >= 0.3 is 0 Å². The summed E-state index contributed by atoms with van der Waals surface area (Å²) in [4.78, 5) is 3.44. The zero-order chi connectivity index (χ0) is 10.1. The molecule has 1 heteroatoms. The standard InChI is InChI=1S/C13H17N/c1-4-12-7-11-6-5-10(9(2)3)8-13(11)14-12/h5-9,14H,4H2,1-3H3. The van der Waals surface area contributed by atoms with Crippen LogP contribution in [0.4, 0.5) is 0 Å². The van der Waals surface area contributed by atoms with Gasteiger partial charge < -0.3 is 4.98 Å². The Labute approximate surface area is 85.1 Å². The number of H-pyrrole nitrogens is 1. The highest BCUT2D eigenvalue weighted by molar-refractivity contribution is 5.81. The highest BCUT2D eigenvalue weighted by atomic mass is 14.7. The third kappa shape index (κ3) is 1.54. The molecule has 1 aromatic heterocycles. The van der Waals surface area contributed by atoms with Crippen LogP contribution < -0.4 is 0 Å². The van der Waals surface area contributed by atoms with Gasteiger partial charge in [0.15, 0.2) is 0 Å². The highest BCUT2D eigenvalue weighted by Crippen LogP contribution is 2.21. The van der Waals surface area contributed by atoms with Crippen LogP contribution in [0.15, 0.2) is 24.3 Å². The van der Waals surface area contributed by atoms with Gasteiger partial charge in [-0.2, -0.15) is 0 Å². The Morgan fingerprint density at radius 2 is 2.00 bits per heavy atom. The highest BCUT2D eigenvalue weighted by Gasteiger charge is 2.02. The molecule has 0 aliphatic rings. The molecule has 2 aromatic rings. The Kier molecular flexibility index (Phi) is 2.32. The first-order valence-corrected chi connectivity index (χ1v) is 5.32. The van der Waals surface area contributed by atoms with Gasteiger partial charge in [0.2, 0.25) is 0 Å². The van der Waals surface area contributed by atoms with Crippen LogP contribution in [0.2, 0.25) is 0 Å². The molecule has 0 aliphatic carbocycles. The summed E-state index contributed by atoms with van der Waals surface area (Å²) in [6.07, 6.45) is 1.08. The molecule has 0 aliphatic heterocycles. The summed E-state index contributed by atoms with van der Waals surface area (Å²) in [5.74, 6) is 0.604. The lowest BCUT2D eigenvalue weighted by Gasteiger charge is -2.03. The molecule has 0 saturated heterocycles. The second-order valence-electron chi connectivity index (χ2n) is 4.15. The molecule has 0 radical (unpaired) electrons. The van der Waals surface area contributed by atoms with Crippen molar-refractivity contribution in [2.75, 3.05) is 0 Å². The summed E-state index contributed by atoms with van der Waals surface area (Å²) in [5.41, 5.74) is 4.00. The van der Waals surface area contributed by atoms with Crippen LogP contribution in [0.25, 0.3) is 10.9 Å². The van der Waals surface area contributed by atoms with Crippen molar-refractivity contribution in [3.05, 3.63) is 35.5 Å². The van der Waals surface area contributed by atoms with Crippen molar-refractivity contribution in [1.82, 2.24) is 4.98 Å². The molecule has 0 fully saturated rings. The van der Waals surface area contributed by atoms with Crippen molar-refractivity contribution in [3.63, 3.8) is 0 Å². The molecule has 0 atom stereocenters. The number of aromatic amines is 1. The fourth-order valence-electron chi connectivity index (χ4n) is 1.75. The molecule has 0 saturated carbocycles. The predicted octanol–water partition coefficient (Wildman–Crippen LogP) is 3.85. The molecular formula is C13H17N. The van der Waals surface area contributed by atoms with Gasteiger partial charge in [0.25, 0.3) is 0 Å². The van der Waals surface area contributed by atoms with E-state index in [-0.39, 0.29) is 0 Å². The van der Waals surface area contributed by atoms with Crippen LogP contribution in [0.1, 0.15) is 37.9 Å². The number of hydrogen-bond donors (Lipinski definition) is 1. The van der Waals surface area contributed by atoms with Crippen molar-refractivity contribution >= 4 is 10.9 Å². The number of aryl methyl sites for hydroxylation is 1. The molecule has 2 rings (SSSR count). The minimum Gasteiger partial charge on any atom is -0.358 e. The molecule has 0 spiro atoms. The summed E-state index contributed by atoms with van der Waals surface area (Å²) in [5, 5.41) is 1.33. The summed E-state index contributed by atoms with van der Waals surface area (Å²) < 4.78 is 0. The minimum absolute atomic E-state index is 0.604. The van der Waals surface area contributed by atoms with Crippen LogP contribution in [-0.2, 0) is 6.42 Å². The Morgan fingerprint density at radius 3 is 2.64 bits per heavy atom. The largest absolute Gasteiger partial charge is 0.358 e. The van der Waals surface area contributed by atoms with Crippen molar-refractivity contribution in [1.29, 1.82) is 0 Å². The maximum atomic E-state index is 3.44. The number of rotatable bonds is 2. The maximum absolute atomic E-state index is 3.44. The first-order chi connectivity index (χ1) is 6.70. The van der Waals surface area contributed by atoms with Gasteiger partial charge in [-0.25, -0.2) is 0 Å². The van der Waals surface area contributed by atoms with Crippen LogP contribution >= 0.6 is 0 Å². The SMILES string of the molecule is CCc1cc2ccc(C(C)C)cc2[nH]1. The molecule has 0 amide bonds. The molecule has 74 valence electrons. The second kappa shape index (κ2) is 3.49. The molecular weight excluding hydrogens is 170 g/mol. The quantitative estimate of drug-likeness (QED) is 0.735. The van der Waals surface area contributed by atoms with E-state index in [0.717, 1.165) is 6.42 Å². The Balaban J connectivity index is 2.54. The first kappa shape index (κ1) is 9.32. The smallest absolute Gasteiger partial charge is 0.0458 e.